The van der Waals surface area contributed by atoms with Gasteiger partial charge in [-0.05, 0) is 57.0 Å². The predicted molar refractivity (Wildman–Crippen MR) is 130 cm³/mol. The topological polar surface area (TPSA) is 132 Å². The van der Waals surface area contributed by atoms with Crippen LogP contribution in [0, 0.1) is 5.92 Å². The van der Waals surface area contributed by atoms with E-state index in [0.717, 1.165) is 43.2 Å². The summed E-state index contributed by atoms with van der Waals surface area (Å²) in [5.74, 6) is 0.357. The molecule has 4 heterocycles. The number of piperidine rings is 1. The van der Waals surface area contributed by atoms with E-state index in [1.807, 2.05) is 31.3 Å². The van der Waals surface area contributed by atoms with Gasteiger partial charge < -0.3 is 21.5 Å². The number of nitrogens with two attached hydrogens (primary N) is 2. The van der Waals surface area contributed by atoms with Gasteiger partial charge in [0, 0.05) is 30.4 Å². The van der Waals surface area contributed by atoms with E-state index >= 15 is 0 Å². The summed E-state index contributed by atoms with van der Waals surface area (Å²) >= 11 is 1.69. The summed E-state index contributed by atoms with van der Waals surface area (Å²) in [6, 6.07) is 7.35. The molecule has 1 fully saturated rings. The van der Waals surface area contributed by atoms with Crippen LogP contribution in [0.25, 0.3) is 10.7 Å². The summed E-state index contributed by atoms with van der Waals surface area (Å²) < 4.78 is 5.38. The second-order valence-electron chi connectivity index (χ2n) is 8.02. The molecule has 9 nitrogen and oxygen atoms in total. The van der Waals surface area contributed by atoms with Gasteiger partial charge in [-0.15, -0.1) is 11.3 Å². The number of carbonyl (C=O) groups is 1. The van der Waals surface area contributed by atoms with Crippen LogP contribution in [0.2, 0.25) is 0 Å². The van der Waals surface area contributed by atoms with Crippen molar-refractivity contribution in [1.82, 2.24) is 25.2 Å². The van der Waals surface area contributed by atoms with Crippen LogP contribution in [-0.4, -0.2) is 52.0 Å². The lowest BCUT2D eigenvalue weighted by atomic mass is 9.96. The van der Waals surface area contributed by atoms with Crippen molar-refractivity contribution in [3.8, 4) is 16.6 Å². The van der Waals surface area contributed by atoms with Crippen molar-refractivity contribution in [2.45, 2.75) is 26.3 Å². The Balaban J connectivity index is 1.25. The van der Waals surface area contributed by atoms with Crippen molar-refractivity contribution in [2.24, 2.45) is 5.92 Å². The van der Waals surface area contributed by atoms with Crippen LogP contribution in [0.1, 0.15) is 35.1 Å². The number of likely N-dealkylation sites (tertiary alicyclic amines) is 1. The van der Waals surface area contributed by atoms with Gasteiger partial charge in [-0.3, -0.25) is 14.7 Å². The number of hydrogen-bond donors (Lipinski definition) is 3. The van der Waals surface area contributed by atoms with E-state index in [4.69, 9.17) is 16.2 Å². The third kappa shape index (κ3) is 5.77. The van der Waals surface area contributed by atoms with Crippen molar-refractivity contribution in [3.63, 3.8) is 0 Å². The van der Waals surface area contributed by atoms with Gasteiger partial charge in [0.05, 0.1) is 18.0 Å². The number of pyridine rings is 2. The molecule has 1 saturated heterocycles. The standard InChI is InChI=1S/C23H29N7O2S/c1-2-32-22-20(25)17(24)11-19(29-22)21(31)27-12-15-6-9-30(10-7-15)14-16-13-28-23(33-16)18-5-3-4-8-26-18/h3-5,8,11,13,15H,2,6-7,9-10,12,14,25H2,1H3,(H2,24,29)(H,27,31). The van der Waals surface area contributed by atoms with Crippen LogP contribution >= 0.6 is 11.3 Å². The second kappa shape index (κ2) is 10.6. The van der Waals surface area contributed by atoms with E-state index < -0.39 is 0 Å². The van der Waals surface area contributed by atoms with Crippen LogP contribution in [-0.2, 0) is 6.54 Å². The first-order valence-electron chi connectivity index (χ1n) is 11.1. The lowest BCUT2D eigenvalue weighted by Gasteiger charge is -2.31. The van der Waals surface area contributed by atoms with Crippen LogP contribution in [0.5, 0.6) is 5.88 Å². The Kier molecular flexibility index (Phi) is 7.36. The Morgan fingerprint density at radius 2 is 2.09 bits per heavy atom. The molecule has 1 aliphatic heterocycles. The number of amides is 1. The molecule has 10 heteroatoms. The first-order chi connectivity index (χ1) is 16.0. The molecule has 5 N–H and O–H groups in total. The van der Waals surface area contributed by atoms with Crippen molar-refractivity contribution in [2.75, 3.05) is 37.7 Å². The largest absolute Gasteiger partial charge is 0.476 e. The molecule has 174 valence electrons. The Morgan fingerprint density at radius 1 is 1.27 bits per heavy atom. The summed E-state index contributed by atoms with van der Waals surface area (Å²) in [5, 5.41) is 3.94. The van der Waals surface area contributed by atoms with E-state index in [1.54, 1.807) is 17.5 Å². The Labute approximate surface area is 197 Å². The molecule has 3 aromatic heterocycles. The number of thiazole rings is 1. The quantitative estimate of drug-likeness (QED) is 0.461. The summed E-state index contributed by atoms with van der Waals surface area (Å²) in [7, 11) is 0. The van der Waals surface area contributed by atoms with Crippen molar-refractivity contribution in [3.05, 3.63) is 47.2 Å². The number of nitrogens with one attached hydrogen (secondary N) is 1. The fourth-order valence-electron chi connectivity index (χ4n) is 3.80. The van der Waals surface area contributed by atoms with E-state index in [9.17, 15) is 4.79 Å². The highest BCUT2D eigenvalue weighted by Crippen LogP contribution is 2.27. The van der Waals surface area contributed by atoms with E-state index in [0.29, 0.717) is 24.8 Å². The monoisotopic (exact) mass is 467 g/mol. The maximum atomic E-state index is 12.6. The molecule has 0 unspecified atom stereocenters. The fraction of sp³-hybridized carbons (Fsp3) is 0.391. The zero-order valence-electron chi connectivity index (χ0n) is 18.7. The third-order valence-corrected chi connectivity index (χ3v) is 6.65. The Morgan fingerprint density at radius 3 is 2.82 bits per heavy atom. The van der Waals surface area contributed by atoms with E-state index in [1.165, 1.54) is 10.9 Å². The number of carbonyl (C=O) groups excluding carboxylic acids is 1. The molecule has 1 aliphatic rings. The van der Waals surface area contributed by atoms with Gasteiger partial charge >= 0.3 is 0 Å². The maximum Gasteiger partial charge on any atom is 0.270 e. The molecular formula is C23H29N7O2S. The van der Waals surface area contributed by atoms with Crippen molar-refractivity contribution < 1.29 is 9.53 Å². The van der Waals surface area contributed by atoms with Gasteiger partial charge in [0.15, 0.2) is 0 Å². The molecule has 0 aliphatic carbocycles. The van der Waals surface area contributed by atoms with Gasteiger partial charge in [-0.2, -0.15) is 0 Å². The summed E-state index contributed by atoms with van der Waals surface area (Å²) in [4.78, 5) is 29.4. The summed E-state index contributed by atoms with van der Waals surface area (Å²) in [5.41, 5.74) is 13.5. The highest BCUT2D eigenvalue weighted by atomic mass is 32.1. The molecule has 0 atom stereocenters. The number of nitrogen functional groups attached to an aromatic ring is 2. The predicted octanol–water partition coefficient (Wildman–Crippen LogP) is 2.81. The highest BCUT2D eigenvalue weighted by Gasteiger charge is 2.22. The Hall–Kier alpha value is -3.24. The molecular weight excluding hydrogens is 438 g/mol. The van der Waals surface area contributed by atoms with Crippen LogP contribution in [0.4, 0.5) is 11.4 Å². The normalized spacial score (nSPS) is 14.8. The molecule has 1 amide bonds. The second-order valence-corrected chi connectivity index (χ2v) is 9.14. The lowest BCUT2D eigenvalue weighted by molar-refractivity contribution is 0.0929. The smallest absolute Gasteiger partial charge is 0.270 e. The first-order valence-corrected chi connectivity index (χ1v) is 11.9. The van der Waals surface area contributed by atoms with E-state index in [-0.39, 0.29) is 23.2 Å². The summed E-state index contributed by atoms with van der Waals surface area (Å²) in [6.45, 7) is 5.68. The molecule has 3 aromatic rings. The minimum atomic E-state index is -0.267. The molecule has 33 heavy (non-hydrogen) atoms. The molecule has 0 radical (unpaired) electrons. The van der Waals surface area contributed by atoms with E-state index in [2.05, 4.69) is 25.2 Å². The van der Waals surface area contributed by atoms with Crippen LogP contribution in [0.3, 0.4) is 0 Å². The number of aromatic nitrogens is 3. The molecule has 0 bridgehead atoms. The first kappa shape index (κ1) is 22.9. The zero-order valence-corrected chi connectivity index (χ0v) is 19.5. The third-order valence-electron chi connectivity index (χ3n) is 5.64. The number of hydrogen-bond acceptors (Lipinski definition) is 9. The molecule has 0 saturated carbocycles. The number of nitrogens with zero attached hydrogens (tertiary/aromatic N) is 4. The van der Waals surface area contributed by atoms with Gasteiger partial charge in [-0.25, -0.2) is 9.97 Å². The molecule has 4 rings (SSSR count). The highest BCUT2D eigenvalue weighted by molar-refractivity contribution is 7.14. The van der Waals surface area contributed by atoms with Gasteiger partial charge in [0.2, 0.25) is 5.88 Å². The Bertz CT molecular complexity index is 1080. The minimum absolute atomic E-state index is 0.199. The molecule has 0 aromatic carbocycles. The summed E-state index contributed by atoms with van der Waals surface area (Å²) in [6.07, 6.45) is 5.78. The number of anilines is 2. The van der Waals surface area contributed by atoms with Crippen LogP contribution in [0.15, 0.2) is 36.7 Å². The van der Waals surface area contributed by atoms with Crippen LogP contribution < -0.4 is 21.5 Å². The van der Waals surface area contributed by atoms with Crippen molar-refractivity contribution in [1.29, 1.82) is 0 Å². The average molecular weight is 468 g/mol. The number of rotatable bonds is 8. The fourth-order valence-corrected chi connectivity index (χ4v) is 4.73. The minimum Gasteiger partial charge on any atom is -0.476 e. The number of ether oxygens (including phenoxy) is 1. The average Bonchev–Trinajstić information content (AvgIpc) is 3.30. The SMILES string of the molecule is CCOc1nc(C(=O)NCC2CCN(Cc3cnc(-c4ccccn4)s3)CC2)cc(N)c1N. The molecule has 0 spiro atoms. The zero-order chi connectivity index (χ0) is 23.2. The lowest BCUT2D eigenvalue weighted by Crippen LogP contribution is -2.38. The maximum absolute atomic E-state index is 12.6. The van der Waals surface area contributed by atoms with Gasteiger partial charge in [-0.1, -0.05) is 6.07 Å². The van der Waals surface area contributed by atoms with Gasteiger partial charge in [0.25, 0.3) is 5.91 Å². The van der Waals surface area contributed by atoms with Gasteiger partial charge in [0.1, 0.15) is 16.4 Å². The van der Waals surface area contributed by atoms with Crippen molar-refractivity contribution >= 4 is 28.6 Å².